The number of aromatic nitrogens is 1. The molecule has 1 fully saturated rings. The molecule has 0 bridgehead atoms. The Hall–Kier alpha value is -1.22. The van der Waals surface area contributed by atoms with Gasteiger partial charge < -0.3 is 15.6 Å². The van der Waals surface area contributed by atoms with Crippen LogP contribution in [0.4, 0.5) is 5.69 Å². The van der Waals surface area contributed by atoms with Crippen LogP contribution < -0.4 is 5.73 Å². The van der Waals surface area contributed by atoms with Crippen LogP contribution in [0.1, 0.15) is 12.8 Å². The van der Waals surface area contributed by atoms with Crippen molar-refractivity contribution < 1.29 is 18.3 Å². The van der Waals surface area contributed by atoms with Gasteiger partial charge in [0.15, 0.2) is 5.03 Å². The molecule has 0 saturated carbocycles. The second-order valence-corrected chi connectivity index (χ2v) is 6.96. The Morgan fingerprint density at radius 1 is 1.50 bits per heavy atom. The van der Waals surface area contributed by atoms with Gasteiger partial charge in [0.2, 0.25) is 0 Å². The van der Waals surface area contributed by atoms with Crippen molar-refractivity contribution >= 4 is 15.7 Å². The van der Waals surface area contributed by atoms with Gasteiger partial charge in [0.25, 0.3) is 10.0 Å². The lowest BCUT2D eigenvalue weighted by atomic mass is 9.95. The number of pyridine rings is 1. The Morgan fingerprint density at radius 2 is 2.15 bits per heavy atom. The summed E-state index contributed by atoms with van der Waals surface area (Å²) in [5.74, 6) is 0. The van der Waals surface area contributed by atoms with E-state index in [-0.39, 0.29) is 17.3 Å². The van der Waals surface area contributed by atoms with Crippen molar-refractivity contribution in [3.05, 3.63) is 18.3 Å². The minimum atomic E-state index is -3.81. The standard InChI is InChI=1S/C12H19N3O4S/c1-15(9-12(16)4-7-19-8-5-12)20(17,18)11-10(13)3-2-6-14-11/h2-3,6,16H,4-5,7-9,13H2,1H3. The summed E-state index contributed by atoms with van der Waals surface area (Å²) in [6.45, 7) is 0.848. The van der Waals surface area contributed by atoms with E-state index in [1.54, 1.807) is 6.07 Å². The van der Waals surface area contributed by atoms with Crippen molar-refractivity contribution in [2.45, 2.75) is 23.5 Å². The number of anilines is 1. The van der Waals surface area contributed by atoms with Crippen molar-refractivity contribution in [3.63, 3.8) is 0 Å². The molecule has 1 saturated heterocycles. The maximum atomic E-state index is 12.4. The monoisotopic (exact) mass is 301 g/mol. The third-order valence-electron chi connectivity index (χ3n) is 3.40. The van der Waals surface area contributed by atoms with Gasteiger partial charge in [-0.3, -0.25) is 0 Å². The summed E-state index contributed by atoms with van der Waals surface area (Å²) in [6, 6.07) is 3.05. The summed E-state index contributed by atoms with van der Waals surface area (Å²) in [6.07, 6.45) is 2.19. The molecule has 7 nitrogen and oxygen atoms in total. The van der Waals surface area contributed by atoms with E-state index in [2.05, 4.69) is 4.98 Å². The summed E-state index contributed by atoms with van der Waals surface area (Å²) < 4.78 is 31.1. The third-order valence-corrected chi connectivity index (χ3v) is 5.18. The van der Waals surface area contributed by atoms with Gasteiger partial charge in [-0.05, 0) is 12.1 Å². The van der Waals surface area contributed by atoms with Crippen molar-refractivity contribution in [1.82, 2.24) is 9.29 Å². The first-order valence-corrected chi connectivity index (χ1v) is 7.76. The Bertz CT molecular complexity index is 570. The maximum Gasteiger partial charge on any atom is 0.262 e. The summed E-state index contributed by atoms with van der Waals surface area (Å²) >= 11 is 0. The zero-order valence-electron chi connectivity index (χ0n) is 11.3. The van der Waals surface area contributed by atoms with Gasteiger partial charge in [-0.1, -0.05) is 0 Å². The molecule has 3 N–H and O–H groups in total. The molecule has 0 aliphatic carbocycles. The molecule has 0 aromatic carbocycles. The predicted molar refractivity (Wildman–Crippen MR) is 73.5 cm³/mol. The fraction of sp³-hybridized carbons (Fsp3) is 0.583. The number of aliphatic hydroxyl groups is 1. The smallest absolute Gasteiger partial charge is 0.262 e. The first kappa shape index (κ1) is 15.2. The topological polar surface area (TPSA) is 106 Å². The molecule has 0 radical (unpaired) electrons. The molecule has 8 heteroatoms. The Morgan fingerprint density at radius 3 is 2.75 bits per heavy atom. The molecule has 0 atom stereocenters. The molecular weight excluding hydrogens is 282 g/mol. The van der Waals surface area contributed by atoms with Crippen LogP contribution in [-0.2, 0) is 14.8 Å². The molecule has 0 spiro atoms. The van der Waals surface area contributed by atoms with Gasteiger partial charge in [0, 0.05) is 45.8 Å². The van der Waals surface area contributed by atoms with E-state index in [1.807, 2.05) is 0 Å². The second-order valence-electron chi connectivity index (χ2n) is 5.00. The lowest BCUT2D eigenvalue weighted by Crippen LogP contribution is -2.47. The molecule has 2 heterocycles. The van der Waals surface area contributed by atoms with E-state index in [4.69, 9.17) is 10.5 Å². The van der Waals surface area contributed by atoms with Gasteiger partial charge in [-0.25, -0.2) is 13.4 Å². The number of ether oxygens (including phenoxy) is 1. The van der Waals surface area contributed by atoms with Gasteiger partial charge >= 0.3 is 0 Å². The third kappa shape index (κ3) is 3.09. The minimum absolute atomic E-state index is 0.00525. The van der Waals surface area contributed by atoms with Crippen molar-refractivity contribution in [3.8, 4) is 0 Å². The average Bonchev–Trinajstić information content (AvgIpc) is 2.39. The highest BCUT2D eigenvalue weighted by Crippen LogP contribution is 2.25. The molecule has 1 aliphatic rings. The number of rotatable bonds is 4. The highest BCUT2D eigenvalue weighted by molar-refractivity contribution is 7.89. The van der Waals surface area contributed by atoms with Gasteiger partial charge in [0.1, 0.15) is 0 Å². The molecule has 20 heavy (non-hydrogen) atoms. The summed E-state index contributed by atoms with van der Waals surface area (Å²) in [5, 5.41) is 10.2. The summed E-state index contributed by atoms with van der Waals surface area (Å²) in [5.41, 5.74) is 4.69. The number of hydrogen-bond donors (Lipinski definition) is 2. The van der Waals surface area contributed by atoms with Crippen molar-refractivity contribution in [2.24, 2.45) is 0 Å². The van der Waals surface area contributed by atoms with Gasteiger partial charge in [-0.2, -0.15) is 4.31 Å². The number of nitrogen functional groups attached to an aromatic ring is 1. The van der Waals surface area contributed by atoms with Crippen LogP contribution >= 0.6 is 0 Å². The SMILES string of the molecule is CN(CC1(O)CCOCC1)S(=O)(=O)c1ncccc1N. The largest absolute Gasteiger partial charge is 0.396 e. The number of sulfonamides is 1. The van der Waals surface area contributed by atoms with Gasteiger partial charge in [-0.15, -0.1) is 0 Å². The molecule has 0 unspecified atom stereocenters. The highest BCUT2D eigenvalue weighted by Gasteiger charge is 2.35. The number of hydrogen-bond acceptors (Lipinski definition) is 6. The zero-order valence-corrected chi connectivity index (χ0v) is 12.1. The molecule has 1 aromatic rings. The van der Waals surface area contributed by atoms with E-state index in [9.17, 15) is 13.5 Å². The second kappa shape index (κ2) is 5.65. The molecule has 1 aliphatic heterocycles. The Balaban J connectivity index is 2.19. The lowest BCUT2D eigenvalue weighted by molar-refractivity contribution is -0.0689. The molecule has 0 amide bonds. The van der Waals surface area contributed by atoms with Crippen LogP contribution in [0.3, 0.4) is 0 Å². The Labute approximate surface area is 118 Å². The molecule has 1 aromatic heterocycles. The van der Waals surface area contributed by atoms with E-state index < -0.39 is 15.6 Å². The number of likely N-dealkylation sites (N-methyl/N-ethyl adjacent to an activating group) is 1. The normalized spacial score (nSPS) is 19.1. The number of nitrogens with zero attached hydrogens (tertiary/aromatic N) is 2. The van der Waals surface area contributed by atoms with E-state index >= 15 is 0 Å². The molecular formula is C12H19N3O4S. The van der Waals surface area contributed by atoms with Crippen molar-refractivity contribution in [1.29, 1.82) is 0 Å². The minimum Gasteiger partial charge on any atom is -0.396 e. The van der Waals surface area contributed by atoms with E-state index in [1.165, 1.54) is 19.3 Å². The highest BCUT2D eigenvalue weighted by atomic mass is 32.2. The fourth-order valence-corrected chi connectivity index (χ4v) is 3.44. The quantitative estimate of drug-likeness (QED) is 0.799. The van der Waals surface area contributed by atoms with Crippen LogP contribution in [0, 0.1) is 0 Å². The predicted octanol–water partition coefficient (Wildman–Crippen LogP) is -0.174. The average molecular weight is 301 g/mol. The first-order valence-electron chi connectivity index (χ1n) is 6.32. The fourth-order valence-electron chi connectivity index (χ4n) is 2.18. The van der Waals surface area contributed by atoms with Crippen LogP contribution in [0.25, 0.3) is 0 Å². The summed E-state index contributed by atoms with van der Waals surface area (Å²) in [4.78, 5) is 3.83. The lowest BCUT2D eigenvalue weighted by Gasteiger charge is -2.34. The van der Waals surface area contributed by atoms with Crippen LogP contribution in [0.15, 0.2) is 23.4 Å². The first-order chi connectivity index (χ1) is 9.35. The maximum absolute atomic E-state index is 12.4. The zero-order chi connectivity index (χ0) is 14.8. The number of nitrogens with two attached hydrogens (primary N) is 1. The van der Waals surface area contributed by atoms with Gasteiger partial charge in [0.05, 0.1) is 11.3 Å². The van der Waals surface area contributed by atoms with Crippen LogP contribution in [-0.4, -0.2) is 55.2 Å². The van der Waals surface area contributed by atoms with E-state index in [0.717, 1.165) is 4.31 Å². The van der Waals surface area contributed by atoms with E-state index in [0.29, 0.717) is 26.1 Å². The molecule has 2 rings (SSSR count). The molecule has 112 valence electrons. The van der Waals surface area contributed by atoms with Crippen molar-refractivity contribution in [2.75, 3.05) is 32.5 Å². The Kier molecular flexibility index (Phi) is 4.28. The van der Waals surface area contributed by atoms with Crippen LogP contribution in [0.5, 0.6) is 0 Å². The van der Waals surface area contributed by atoms with Crippen LogP contribution in [0.2, 0.25) is 0 Å². The summed E-state index contributed by atoms with van der Waals surface area (Å²) in [7, 11) is -2.40.